The van der Waals surface area contributed by atoms with Crippen LogP contribution in [0.25, 0.3) is 0 Å². The fraction of sp³-hybridized carbons (Fsp3) is 0.733. The molecule has 0 aromatic heterocycles. The Morgan fingerprint density at radius 3 is 1.28 bits per heavy atom. The molecule has 0 unspecified atom stereocenters. The van der Waals surface area contributed by atoms with Crippen molar-refractivity contribution in [1.29, 1.82) is 0 Å². The molecule has 0 saturated heterocycles. The summed E-state index contributed by atoms with van der Waals surface area (Å²) in [6.45, 7) is 4.05. The fourth-order valence-electron chi connectivity index (χ4n) is 5.65. The third-order valence-electron chi connectivity index (χ3n) is 8.83. The molecular weight excluding hydrogens is 620 g/mol. The summed E-state index contributed by atoms with van der Waals surface area (Å²) in [5.74, 6) is -0.684. The summed E-state index contributed by atoms with van der Waals surface area (Å²) in [4.78, 5) is 24.3. The number of aliphatic hydroxyl groups is 1. The maximum atomic E-state index is 12.1. The van der Waals surface area contributed by atoms with Gasteiger partial charge in [-0.05, 0) is 51.4 Å². The van der Waals surface area contributed by atoms with Gasteiger partial charge in [0, 0.05) is 12.8 Å². The second-order valence-electron chi connectivity index (χ2n) is 13.7. The first kappa shape index (κ1) is 47.6. The first-order chi connectivity index (χ1) is 24.6. The van der Waals surface area contributed by atoms with Crippen LogP contribution in [0.1, 0.15) is 194 Å². The summed E-state index contributed by atoms with van der Waals surface area (Å²) in [6, 6.07) is 0. The predicted octanol–water partition coefficient (Wildman–Crippen LogP) is 13.2. The predicted molar refractivity (Wildman–Crippen MR) is 214 cm³/mol. The molecule has 0 spiro atoms. The lowest BCUT2D eigenvalue weighted by Crippen LogP contribution is -2.28. The second kappa shape index (κ2) is 41.0. The quantitative estimate of drug-likeness (QED) is 0.0397. The Hall–Kier alpha value is -2.40. The molecule has 1 N–H and O–H groups in total. The molecule has 5 nitrogen and oxygen atoms in total. The van der Waals surface area contributed by atoms with Gasteiger partial charge in [-0.3, -0.25) is 9.59 Å². The molecule has 0 fully saturated rings. The first-order valence-corrected chi connectivity index (χ1v) is 20.8. The molecule has 0 amide bonds. The van der Waals surface area contributed by atoms with Crippen LogP contribution in [0.15, 0.2) is 60.8 Å². The number of allylic oxidation sites excluding steroid dienone is 10. The Morgan fingerprint density at radius 2 is 0.840 bits per heavy atom. The van der Waals surface area contributed by atoms with Gasteiger partial charge in [0.1, 0.15) is 6.61 Å². The van der Waals surface area contributed by atoms with Gasteiger partial charge in [0.2, 0.25) is 0 Å². The van der Waals surface area contributed by atoms with E-state index in [2.05, 4.69) is 62.5 Å². The van der Waals surface area contributed by atoms with Crippen LogP contribution in [0.5, 0.6) is 0 Å². The standard InChI is InChI=1S/C45H78O5/c1-3-5-7-9-11-13-15-17-19-21-22-24-26-28-30-32-34-36-38-40-45(48)50-43(41-46)42-49-44(47)39-37-35-33-31-29-27-25-23-20-18-16-14-12-10-8-6-4-2/h11,13,17,19,22,24,28,30,34,36,43,46H,3-10,12,14-16,18,20-21,23,25-27,29,31-33,35,37-42H2,1-2H3/b13-11-,19-17-,24-22-,30-28-,36-34-/t43-/m0/s1. The van der Waals surface area contributed by atoms with E-state index in [0.717, 1.165) is 44.9 Å². The zero-order valence-electron chi connectivity index (χ0n) is 32.6. The normalized spacial score (nSPS) is 12.8. The van der Waals surface area contributed by atoms with E-state index in [1.54, 1.807) is 0 Å². The molecule has 0 aliphatic heterocycles. The molecule has 0 bridgehead atoms. The van der Waals surface area contributed by atoms with Crippen molar-refractivity contribution in [3.05, 3.63) is 60.8 Å². The lowest BCUT2D eigenvalue weighted by atomic mass is 10.0. The summed E-state index contributed by atoms with van der Waals surface area (Å²) < 4.78 is 10.6. The Bertz CT molecular complexity index is 884. The number of hydrogen-bond acceptors (Lipinski definition) is 5. The molecule has 0 aliphatic carbocycles. The van der Waals surface area contributed by atoms with Gasteiger partial charge < -0.3 is 14.6 Å². The van der Waals surface area contributed by atoms with Gasteiger partial charge in [0.05, 0.1) is 6.61 Å². The minimum absolute atomic E-state index is 0.0953. The topological polar surface area (TPSA) is 72.8 Å². The molecular formula is C45H78O5. The summed E-state index contributed by atoms with van der Waals surface area (Å²) in [5, 5.41) is 9.55. The van der Waals surface area contributed by atoms with E-state index in [-0.39, 0.29) is 25.6 Å². The SMILES string of the molecule is CCCCC/C=C\C/C=C\C/C=C\C/C=C\C/C=C\CCC(=O)O[C@@H](CO)COC(=O)CCCCCCCCCCCCCCCCCCC. The van der Waals surface area contributed by atoms with Crippen molar-refractivity contribution in [3.8, 4) is 0 Å². The molecule has 0 saturated carbocycles. The zero-order chi connectivity index (χ0) is 36.4. The lowest BCUT2D eigenvalue weighted by molar-refractivity contribution is -0.161. The zero-order valence-corrected chi connectivity index (χ0v) is 32.6. The monoisotopic (exact) mass is 699 g/mol. The smallest absolute Gasteiger partial charge is 0.306 e. The van der Waals surface area contributed by atoms with Crippen molar-refractivity contribution in [2.24, 2.45) is 0 Å². The van der Waals surface area contributed by atoms with Crippen molar-refractivity contribution in [2.45, 2.75) is 200 Å². The van der Waals surface area contributed by atoms with Crippen LogP contribution in [0.4, 0.5) is 0 Å². The van der Waals surface area contributed by atoms with E-state index < -0.39 is 12.1 Å². The fourth-order valence-corrected chi connectivity index (χ4v) is 5.65. The van der Waals surface area contributed by atoms with Gasteiger partial charge in [-0.15, -0.1) is 0 Å². The van der Waals surface area contributed by atoms with Crippen LogP contribution in [-0.4, -0.2) is 36.4 Å². The third kappa shape index (κ3) is 38.4. The van der Waals surface area contributed by atoms with Gasteiger partial charge in [0.25, 0.3) is 0 Å². The van der Waals surface area contributed by atoms with Crippen molar-refractivity contribution >= 4 is 11.9 Å². The van der Waals surface area contributed by atoms with E-state index in [9.17, 15) is 14.7 Å². The highest BCUT2D eigenvalue weighted by Crippen LogP contribution is 2.14. The molecule has 288 valence electrons. The molecule has 5 heteroatoms. The van der Waals surface area contributed by atoms with Crippen LogP contribution in [0, 0.1) is 0 Å². The minimum Gasteiger partial charge on any atom is -0.462 e. The highest BCUT2D eigenvalue weighted by atomic mass is 16.6. The summed E-state index contributed by atoms with van der Waals surface area (Å²) in [7, 11) is 0. The number of hydrogen-bond donors (Lipinski definition) is 1. The summed E-state index contributed by atoms with van der Waals surface area (Å²) in [6.07, 6.45) is 52.9. The third-order valence-corrected chi connectivity index (χ3v) is 8.83. The Kier molecular flexibility index (Phi) is 39.1. The van der Waals surface area contributed by atoms with Crippen LogP contribution in [-0.2, 0) is 19.1 Å². The van der Waals surface area contributed by atoms with E-state index in [1.165, 1.54) is 116 Å². The summed E-state index contributed by atoms with van der Waals surface area (Å²) in [5.41, 5.74) is 0. The van der Waals surface area contributed by atoms with Crippen molar-refractivity contribution in [2.75, 3.05) is 13.2 Å². The number of carbonyl (C=O) groups excluding carboxylic acids is 2. The van der Waals surface area contributed by atoms with E-state index in [0.29, 0.717) is 12.8 Å². The van der Waals surface area contributed by atoms with E-state index >= 15 is 0 Å². The molecule has 0 rings (SSSR count). The molecule has 1 atom stereocenters. The molecule has 50 heavy (non-hydrogen) atoms. The van der Waals surface area contributed by atoms with Crippen molar-refractivity contribution in [3.63, 3.8) is 0 Å². The van der Waals surface area contributed by atoms with Gasteiger partial charge in [-0.2, -0.15) is 0 Å². The number of aliphatic hydroxyl groups excluding tert-OH is 1. The van der Waals surface area contributed by atoms with Crippen LogP contribution in [0.2, 0.25) is 0 Å². The first-order valence-electron chi connectivity index (χ1n) is 20.8. The van der Waals surface area contributed by atoms with Crippen molar-refractivity contribution in [1.82, 2.24) is 0 Å². The van der Waals surface area contributed by atoms with Crippen molar-refractivity contribution < 1.29 is 24.2 Å². The minimum atomic E-state index is -0.811. The Morgan fingerprint density at radius 1 is 0.460 bits per heavy atom. The Balaban J connectivity index is 3.67. The van der Waals surface area contributed by atoms with Crippen LogP contribution >= 0.6 is 0 Å². The molecule has 0 aromatic rings. The number of rotatable bonds is 37. The number of carbonyl (C=O) groups is 2. The van der Waals surface area contributed by atoms with Crippen LogP contribution in [0.3, 0.4) is 0 Å². The van der Waals surface area contributed by atoms with E-state index in [4.69, 9.17) is 9.47 Å². The maximum absolute atomic E-state index is 12.1. The van der Waals surface area contributed by atoms with Gasteiger partial charge in [0.15, 0.2) is 6.10 Å². The summed E-state index contributed by atoms with van der Waals surface area (Å²) >= 11 is 0. The number of unbranched alkanes of at least 4 members (excludes halogenated alkanes) is 19. The lowest BCUT2D eigenvalue weighted by Gasteiger charge is -2.15. The average Bonchev–Trinajstić information content (AvgIpc) is 3.12. The van der Waals surface area contributed by atoms with E-state index in [1.807, 2.05) is 12.2 Å². The highest BCUT2D eigenvalue weighted by Gasteiger charge is 2.15. The molecule has 0 radical (unpaired) electrons. The number of ether oxygens (including phenoxy) is 2. The largest absolute Gasteiger partial charge is 0.462 e. The number of esters is 2. The second-order valence-corrected chi connectivity index (χ2v) is 13.7. The molecule has 0 aromatic carbocycles. The average molecular weight is 699 g/mol. The maximum Gasteiger partial charge on any atom is 0.306 e. The van der Waals surface area contributed by atoms with Gasteiger partial charge in [-0.1, -0.05) is 190 Å². The molecule has 0 aliphatic rings. The highest BCUT2D eigenvalue weighted by molar-refractivity contribution is 5.70. The van der Waals surface area contributed by atoms with Gasteiger partial charge >= 0.3 is 11.9 Å². The molecule has 0 heterocycles. The van der Waals surface area contributed by atoms with Gasteiger partial charge in [-0.25, -0.2) is 0 Å². The Labute approximate surface area is 309 Å². The van der Waals surface area contributed by atoms with Crippen LogP contribution < -0.4 is 0 Å².